The molecule has 1 aliphatic heterocycles. The van der Waals surface area contributed by atoms with Gasteiger partial charge in [-0.3, -0.25) is 4.79 Å². The molecule has 1 aliphatic rings. The molecule has 1 aromatic carbocycles. The van der Waals surface area contributed by atoms with Crippen molar-refractivity contribution in [3.05, 3.63) is 51.7 Å². The molecule has 0 fully saturated rings. The largest absolute Gasteiger partial charge is 0.493 e. The van der Waals surface area contributed by atoms with E-state index in [9.17, 15) is 4.79 Å². The number of rotatable bonds is 3. The van der Waals surface area contributed by atoms with Crippen molar-refractivity contribution in [1.29, 1.82) is 0 Å². The second kappa shape index (κ2) is 4.34. The molecule has 0 saturated heterocycles. The molecule has 0 N–H and O–H groups in total. The maximum Gasteiger partial charge on any atom is 0.167 e. The van der Waals surface area contributed by atoms with E-state index in [1.807, 2.05) is 35.0 Å². The average Bonchev–Trinajstić information content (AvgIpc) is 2.97. The number of ketones is 1. The minimum absolute atomic E-state index is 0.179. The first kappa shape index (κ1) is 10.5. The quantitative estimate of drug-likeness (QED) is 0.775. The van der Waals surface area contributed by atoms with Gasteiger partial charge in [0.2, 0.25) is 0 Å². The SMILES string of the molecule is O=C(Cc1ccsc1)c1ccc2c(c1)CCO2. The lowest BCUT2D eigenvalue weighted by molar-refractivity contribution is 0.0993. The third-order valence-electron chi connectivity index (χ3n) is 2.96. The van der Waals surface area contributed by atoms with E-state index in [0.717, 1.165) is 35.5 Å². The molecule has 0 aliphatic carbocycles. The van der Waals surface area contributed by atoms with Crippen molar-refractivity contribution in [2.75, 3.05) is 6.61 Å². The maximum absolute atomic E-state index is 12.1. The third kappa shape index (κ3) is 2.11. The van der Waals surface area contributed by atoms with Crippen LogP contribution in [0.2, 0.25) is 0 Å². The van der Waals surface area contributed by atoms with Gasteiger partial charge in [-0.15, -0.1) is 0 Å². The predicted octanol–water partition coefficient (Wildman–Crippen LogP) is 3.11. The van der Waals surface area contributed by atoms with Crippen LogP contribution in [0.15, 0.2) is 35.0 Å². The molecule has 0 bridgehead atoms. The molecule has 0 spiro atoms. The van der Waals surface area contributed by atoms with Crippen LogP contribution in [0.5, 0.6) is 5.75 Å². The summed E-state index contributed by atoms with van der Waals surface area (Å²) in [6.45, 7) is 0.734. The standard InChI is InChI=1S/C14H12O2S/c15-13(7-10-4-6-17-9-10)11-1-2-14-12(8-11)3-5-16-14/h1-2,4,6,8-9H,3,5,7H2. The molecular weight excluding hydrogens is 232 g/mol. The second-order valence-corrected chi connectivity index (χ2v) is 4.93. The van der Waals surface area contributed by atoms with Gasteiger partial charge >= 0.3 is 0 Å². The van der Waals surface area contributed by atoms with Crippen molar-refractivity contribution in [1.82, 2.24) is 0 Å². The van der Waals surface area contributed by atoms with Gasteiger partial charge in [0.15, 0.2) is 5.78 Å². The van der Waals surface area contributed by atoms with Crippen molar-refractivity contribution in [2.24, 2.45) is 0 Å². The van der Waals surface area contributed by atoms with Gasteiger partial charge < -0.3 is 4.74 Å². The number of ether oxygens (including phenoxy) is 1. The zero-order valence-electron chi connectivity index (χ0n) is 9.31. The zero-order chi connectivity index (χ0) is 11.7. The van der Waals surface area contributed by atoms with Crippen LogP contribution in [-0.4, -0.2) is 12.4 Å². The van der Waals surface area contributed by atoms with Crippen LogP contribution in [-0.2, 0) is 12.8 Å². The van der Waals surface area contributed by atoms with Gasteiger partial charge in [-0.25, -0.2) is 0 Å². The Morgan fingerprint density at radius 3 is 3.12 bits per heavy atom. The van der Waals surface area contributed by atoms with E-state index >= 15 is 0 Å². The fraction of sp³-hybridized carbons (Fsp3) is 0.214. The molecule has 0 amide bonds. The van der Waals surface area contributed by atoms with Crippen LogP contribution in [0.3, 0.4) is 0 Å². The Labute approximate surface area is 104 Å². The highest BCUT2D eigenvalue weighted by atomic mass is 32.1. The second-order valence-electron chi connectivity index (χ2n) is 4.15. The van der Waals surface area contributed by atoms with Gasteiger partial charge in [-0.2, -0.15) is 11.3 Å². The highest BCUT2D eigenvalue weighted by molar-refractivity contribution is 7.08. The fourth-order valence-corrected chi connectivity index (χ4v) is 2.71. The van der Waals surface area contributed by atoms with E-state index in [0.29, 0.717) is 6.42 Å². The molecule has 0 unspecified atom stereocenters. The predicted molar refractivity (Wildman–Crippen MR) is 68.0 cm³/mol. The van der Waals surface area contributed by atoms with E-state index in [2.05, 4.69) is 0 Å². The van der Waals surface area contributed by atoms with E-state index in [1.54, 1.807) is 11.3 Å². The highest BCUT2D eigenvalue weighted by Crippen LogP contribution is 2.26. The van der Waals surface area contributed by atoms with Gasteiger partial charge in [-0.05, 0) is 46.2 Å². The van der Waals surface area contributed by atoms with Crippen molar-refractivity contribution >= 4 is 17.1 Å². The first-order valence-corrected chi connectivity index (χ1v) is 6.57. The average molecular weight is 244 g/mol. The maximum atomic E-state index is 12.1. The lowest BCUT2D eigenvalue weighted by atomic mass is 10.0. The molecule has 2 aromatic rings. The number of Topliss-reactive ketones (excluding diaryl/α,β-unsaturated/α-hetero) is 1. The minimum Gasteiger partial charge on any atom is -0.493 e. The Morgan fingerprint density at radius 1 is 1.35 bits per heavy atom. The first-order chi connectivity index (χ1) is 8.33. The van der Waals surface area contributed by atoms with Crippen molar-refractivity contribution in [3.63, 3.8) is 0 Å². The van der Waals surface area contributed by atoms with Gasteiger partial charge in [0.1, 0.15) is 5.75 Å². The summed E-state index contributed by atoms with van der Waals surface area (Å²) in [5.74, 6) is 1.11. The third-order valence-corrected chi connectivity index (χ3v) is 3.69. The molecule has 0 radical (unpaired) electrons. The van der Waals surface area contributed by atoms with Crippen LogP contribution >= 0.6 is 11.3 Å². The Hall–Kier alpha value is -1.61. The number of carbonyl (C=O) groups excluding carboxylic acids is 1. The van der Waals surface area contributed by atoms with Crippen LogP contribution in [0, 0.1) is 0 Å². The normalized spacial score (nSPS) is 13.2. The minimum atomic E-state index is 0.179. The molecule has 0 atom stereocenters. The molecule has 2 nitrogen and oxygen atoms in total. The Bertz CT molecular complexity index is 543. The Balaban J connectivity index is 1.82. The summed E-state index contributed by atoms with van der Waals surface area (Å²) in [6.07, 6.45) is 1.40. The molecule has 1 aromatic heterocycles. The summed E-state index contributed by atoms with van der Waals surface area (Å²) in [7, 11) is 0. The molecule has 0 saturated carbocycles. The van der Waals surface area contributed by atoms with Gasteiger partial charge in [0, 0.05) is 18.4 Å². The Kier molecular flexibility index (Phi) is 2.69. The molecule has 17 heavy (non-hydrogen) atoms. The van der Waals surface area contributed by atoms with E-state index in [-0.39, 0.29) is 5.78 Å². The summed E-state index contributed by atoms with van der Waals surface area (Å²) in [6, 6.07) is 7.73. The first-order valence-electron chi connectivity index (χ1n) is 5.63. The number of fused-ring (bicyclic) bond motifs is 1. The van der Waals surface area contributed by atoms with Crippen LogP contribution in [0.4, 0.5) is 0 Å². The van der Waals surface area contributed by atoms with E-state index in [4.69, 9.17) is 4.74 Å². The summed E-state index contributed by atoms with van der Waals surface area (Å²) in [4.78, 5) is 12.1. The monoisotopic (exact) mass is 244 g/mol. The summed E-state index contributed by atoms with van der Waals surface area (Å²) < 4.78 is 5.43. The van der Waals surface area contributed by atoms with Crippen LogP contribution in [0.1, 0.15) is 21.5 Å². The van der Waals surface area contributed by atoms with Crippen LogP contribution in [0.25, 0.3) is 0 Å². The van der Waals surface area contributed by atoms with Crippen molar-refractivity contribution in [3.8, 4) is 5.75 Å². The number of hydrogen-bond acceptors (Lipinski definition) is 3. The lowest BCUT2D eigenvalue weighted by Crippen LogP contribution is -2.02. The lowest BCUT2D eigenvalue weighted by Gasteiger charge is -2.02. The smallest absolute Gasteiger partial charge is 0.167 e. The molecular formula is C14H12O2S. The zero-order valence-corrected chi connectivity index (χ0v) is 10.1. The van der Waals surface area contributed by atoms with Gasteiger partial charge in [0.25, 0.3) is 0 Å². The number of carbonyl (C=O) groups is 1. The molecule has 2 heterocycles. The molecule has 3 heteroatoms. The number of thiophene rings is 1. The topological polar surface area (TPSA) is 26.3 Å². The summed E-state index contributed by atoms with van der Waals surface area (Å²) in [5.41, 5.74) is 3.04. The van der Waals surface area contributed by atoms with Crippen molar-refractivity contribution in [2.45, 2.75) is 12.8 Å². The fourth-order valence-electron chi connectivity index (χ4n) is 2.04. The summed E-state index contributed by atoms with van der Waals surface area (Å²) in [5, 5.41) is 4.02. The van der Waals surface area contributed by atoms with Crippen LogP contribution < -0.4 is 4.74 Å². The Morgan fingerprint density at radius 2 is 2.29 bits per heavy atom. The van der Waals surface area contributed by atoms with E-state index in [1.165, 1.54) is 0 Å². The highest BCUT2D eigenvalue weighted by Gasteiger charge is 2.15. The molecule has 86 valence electrons. The van der Waals surface area contributed by atoms with Crippen molar-refractivity contribution < 1.29 is 9.53 Å². The van der Waals surface area contributed by atoms with Gasteiger partial charge in [-0.1, -0.05) is 0 Å². The summed E-state index contributed by atoms with van der Waals surface area (Å²) >= 11 is 1.62. The van der Waals surface area contributed by atoms with E-state index < -0.39 is 0 Å². The van der Waals surface area contributed by atoms with Gasteiger partial charge in [0.05, 0.1) is 6.61 Å². The number of benzene rings is 1. The number of hydrogen-bond donors (Lipinski definition) is 0. The molecule has 3 rings (SSSR count).